The molecule has 0 aliphatic carbocycles. The van der Waals surface area contributed by atoms with Crippen LogP contribution in [0.2, 0.25) is 0 Å². The number of nitrogen functional groups attached to an aromatic ring is 1. The van der Waals surface area contributed by atoms with Crippen molar-refractivity contribution < 1.29 is 4.79 Å². The van der Waals surface area contributed by atoms with Crippen LogP contribution < -0.4 is 11.1 Å². The van der Waals surface area contributed by atoms with Crippen LogP contribution in [-0.4, -0.2) is 32.4 Å². The molecule has 3 N–H and O–H groups in total. The van der Waals surface area contributed by atoms with Crippen LogP contribution in [0.4, 0.5) is 5.82 Å². The molecular formula is C11H14N6O. The zero-order valence-corrected chi connectivity index (χ0v) is 10.00. The molecule has 2 aromatic rings. The summed E-state index contributed by atoms with van der Waals surface area (Å²) in [5.41, 5.74) is 6.72. The summed E-state index contributed by atoms with van der Waals surface area (Å²) in [5, 5.41) is 14.1. The van der Waals surface area contributed by atoms with E-state index in [0.717, 1.165) is 12.0 Å². The summed E-state index contributed by atoms with van der Waals surface area (Å²) in [6.45, 7) is 0.524. The summed E-state index contributed by atoms with van der Waals surface area (Å²) in [5.74, 6) is 0.0355. The number of aromatic nitrogens is 4. The van der Waals surface area contributed by atoms with Crippen molar-refractivity contribution in [3.63, 3.8) is 0 Å². The average molecular weight is 246 g/mol. The molecule has 0 aromatic carbocycles. The monoisotopic (exact) mass is 246 g/mol. The fraction of sp³-hybridized carbons (Fsp3) is 0.273. The van der Waals surface area contributed by atoms with Gasteiger partial charge in [0, 0.05) is 19.8 Å². The van der Waals surface area contributed by atoms with E-state index >= 15 is 0 Å². The van der Waals surface area contributed by atoms with Crippen molar-refractivity contribution in [1.82, 2.24) is 25.3 Å². The number of hydrogen-bond donors (Lipinski definition) is 2. The van der Waals surface area contributed by atoms with Gasteiger partial charge >= 0.3 is 0 Å². The van der Waals surface area contributed by atoms with Crippen LogP contribution in [0.25, 0.3) is 0 Å². The van der Waals surface area contributed by atoms with Gasteiger partial charge in [-0.2, -0.15) is 5.10 Å². The third kappa shape index (κ3) is 3.03. The molecule has 7 nitrogen and oxygen atoms in total. The highest BCUT2D eigenvalue weighted by atomic mass is 16.1. The molecule has 18 heavy (non-hydrogen) atoms. The maximum absolute atomic E-state index is 11.7. The van der Waals surface area contributed by atoms with Crippen LogP contribution in [0.5, 0.6) is 0 Å². The maximum atomic E-state index is 11.7. The largest absolute Gasteiger partial charge is 0.382 e. The minimum atomic E-state index is -0.258. The standard InChI is InChI=1S/C11H14N6O/c1-17-7-8(6-14-17)4-5-13-11(18)9-2-3-10(12)16-15-9/h2-3,6-7H,4-5H2,1H3,(H2,12,16)(H,13,18). The van der Waals surface area contributed by atoms with Gasteiger partial charge in [-0.15, -0.1) is 10.2 Å². The molecule has 0 unspecified atom stereocenters. The number of nitrogens with two attached hydrogens (primary N) is 1. The van der Waals surface area contributed by atoms with Crippen LogP contribution in [0.3, 0.4) is 0 Å². The summed E-state index contributed by atoms with van der Waals surface area (Å²) in [6.07, 6.45) is 4.41. The third-order valence-electron chi connectivity index (χ3n) is 2.38. The van der Waals surface area contributed by atoms with Crippen molar-refractivity contribution in [3.8, 4) is 0 Å². The van der Waals surface area contributed by atoms with E-state index in [9.17, 15) is 4.79 Å². The molecule has 0 fully saturated rings. The first-order valence-corrected chi connectivity index (χ1v) is 5.50. The smallest absolute Gasteiger partial charge is 0.271 e. The Hall–Kier alpha value is -2.44. The Balaban J connectivity index is 1.83. The molecule has 2 rings (SSSR count). The molecule has 94 valence electrons. The van der Waals surface area contributed by atoms with Crippen molar-refractivity contribution in [2.24, 2.45) is 7.05 Å². The second-order valence-corrected chi connectivity index (χ2v) is 3.87. The van der Waals surface area contributed by atoms with E-state index in [0.29, 0.717) is 12.4 Å². The van der Waals surface area contributed by atoms with Gasteiger partial charge < -0.3 is 11.1 Å². The molecule has 0 atom stereocenters. The highest BCUT2D eigenvalue weighted by Crippen LogP contribution is 1.98. The molecule has 0 aliphatic rings. The molecule has 7 heteroatoms. The minimum Gasteiger partial charge on any atom is -0.382 e. The number of nitrogens with zero attached hydrogens (tertiary/aromatic N) is 4. The van der Waals surface area contributed by atoms with Crippen molar-refractivity contribution in [1.29, 1.82) is 0 Å². The minimum absolute atomic E-state index is 0.258. The van der Waals surface area contributed by atoms with Crippen LogP contribution in [0.1, 0.15) is 16.1 Å². The molecular weight excluding hydrogens is 232 g/mol. The number of anilines is 1. The molecule has 0 aliphatic heterocycles. The number of carbonyl (C=O) groups excluding carboxylic acids is 1. The summed E-state index contributed by atoms with van der Waals surface area (Å²) in [7, 11) is 1.85. The number of nitrogens with one attached hydrogen (secondary N) is 1. The zero-order valence-electron chi connectivity index (χ0n) is 10.00. The number of rotatable bonds is 4. The lowest BCUT2D eigenvalue weighted by Gasteiger charge is -2.02. The normalized spacial score (nSPS) is 10.3. The van der Waals surface area contributed by atoms with Gasteiger partial charge in [0.1, 0.15) is 5.82 Å². The van der Waals surface area contributed by atoms with Gasteiger partial charge in [0.05, 0.1) is 6.20 Å². The Morgan fingerprint density at radius 2 is 2.28 bits per heavy atom. The Labute approximate surface area is 104 Å². The van der Waals surface area contributed by atoms with E-state index < -0.39 is 0 Å². The van der Waals surface area contributed by atoms with Crippen LogP contribution in [-0.2, 0) is 13.5 Å². The topological polar surface area (TPSA) is 98.7 Å². The highest BCUT2D eigenvalue weighted by molar-refractivity contribution is 5.92. The van der Waals surface area contributed by atoms with E-state index in [4.69, 9.17) is 5.73 Å². The number of carbonyl (C=O) groups is 1. The summed E-state index contributed by atoms with van der Waals surface area (Å²) >= 11 is 0. The van der Waals surface area contributed by atoms with E-state index in [1.807, 2.05) is 13.2 Å². The molecule has 0 radical (unpaired) electrons. The lowest BCUT2D eigenvalue weighted by molar-refractivity contribution is 0.0948. The van der Waals surface area contributed by atoms with Gasteiger partial charge in [0.25, 0.3) is 5.91 Å². The fourth-order valence-electron chi connectivity index (χ4n) is 1.48. The van der Waals surface area contributed by atoms with E-state index in [2.05, 4.69) is 20.6 Å². The van der Waals surface area contributed by atoms with Gasteiger partial charge in [-0.1, -0.05) is 0 Å². The lowest BCUT2D eigenvalue weighted by Crippen LogP contribution is -2.26. The molecule has 0 saturated carbocycles. The van der Waals surface area contributed by atoms with E-state index in [1.165, 1.54) is 0 Å². The Morgan fingerprint density at radius 3 is 2.89 bits per heavy atom. The molecule has 2 aromatic heterocycles. The van der Waals surface area contributed by atoms with Gasteiger partial charge in [-0.25, -0.2) is 0 Å². The third-order valence-corrected chi connectivity index (χ3v) is 2.38. The number of aryl methyl sites for hydroxylation is 1. The van der Waals surface area contributed by atoms with Crippen molar-refractivity contribution in [3.05, 3.63) is 35.8 Å². The number of hydrogen-bond acceptors (Lipinski definition) is 5. The molecule has 0 bridgehead atoms. The van der Waals surface area contributed by atoms with Gasteiger partial charge in [-0.05, 0) is 24.1 Å². The lowest BCUT2D eigenvalue weighted by atomic mass is 10.2. The Morgan fingerprint density at radius 1 is 1.44 bits per heavy atom. The van der Waals surface area contributed by atoms with E-state index in [1.54, 1.807) is 23.0 Å². The van der Waals surface area contributed by atoms with Crippen LogP contribution >= 0.6 is 0 Å². The van der Waals surface area contributed by atoms with Gasteiger partial charge in [0.2, 0.25) is 0 Å². The van der Waals surface area contributed by atoms with Crippen molar-refractivity contribution >= 4 is 11.7 Å². The Bertz CT molecular complexity index is 533. The number of amides is 1. The SMILES string of the molecule is Cn1cc(CCNC(=O)c2ccc(N)nn2)cn1. The van der Waals surface area contributed by atoms with Gasteiger partial charge in [0.15, 0.2) is 5.69 Å². The van der Waals surface area contributed by atoms with Crippen LogP contribution in [0.15, 0.2) is 24.5 Å². The second-order valence-electron chi connectivity index (χ2n) is 3.87. The van der Waals surface area contributed by atoms with E-state index in [-0.39, 0.29) is 11.6 Å². The van der Waals surface area contributed by atoms with Gasteiger partial charge in [-0.3, -0.25) is 9.48 Å². The van der Waals surface area contributed by atoms with Crippen molar-refractivity contribution in [2.75, 3.05) is 12.3 Å². The molecule has 1 amide bonds. The van der Waals surface area contributed by atoms with Crippen LogP contribution in [0, 0.1) is 0 Å². The first kappa shape index (κ1) is 12.0. The predicted octanol–water partition coefficient (Wildman–Crippen LogP) is -0.235. The first-order valence-electron chi connectivity index (χ1n) is 5.50. The average Bonchev–Trinajstić information content (AvgIpc) is 2.76. The second kappa shape index (κ2) is 5.26. The molecule has 2 heterocycles. The zero-order chi connectivity index (χ0) is 13.0. The molecule has 0 saturated heterocycles. The highest BCUT2D eigenvalue weighted by Gasteiger charge is 2.07. The molecule has 0 spiro atoms. The van der Waals surface area contributed by atoms with Crippen molar-refractivity contribution in [2.45, 2.75) is 6.42 Å². The summed E-state index contributed by atoms with van der Waals surface area (Å²) < 4.78 is 1.72. The fourth-order valence-corrected chi connectivity index (χ4v) is 1.48. The summed E-state index contributed by atoms with van der Waals surface area (Å²) in [4.78, 5) is 11.7. The predicted molar refractivity (Wildman–Crippen MR) is 65.7 cm³/mol. The Kier molecular flexibility index (Phi) is 3.52. The summed E-state index contributed by atoms with van der Waals surface area (Å²) in [6, 6.07) is 3.09. The maximum Gasteiger partial charge on any atom is 0.271 e. The first-order chi connectivity index (χ1) is 8.65. The quantitative estimate of drug-likeness (QED) is 0.776.